The Labute approximate surface area is 158 Å². The second-order valence-electron chi connectivity index (χ2n) is 7.45. The van der Waals surface area contributed by atoms with Gasteiger partial charge in [0, 0.05) is 12.0 Å². The molecule has 0 aliphatic heterocycles. The number of carbonyl (C=O) groups is 2. The molecule has 4 rings (SSSR count). The molecule has 0 amide bonds. The summed E-state index contributed by atoms with van der Waals surface area (Å²) in [6, 6.07) is 15.4. The van der Waals surface area contributed by atoms with Crippen LogP contribution in [0.2, 0.25) is 0 Å². The van der Waals surface area contributed by atoms with E-state index in [1.165, 1.54) is 0 Å². The number of nitrogens with two attached hydrogens (primary N) is 1. The number of ether oxygens (including phenoxy) is 1. The Bertz CT molecular complexity index is 848. The van der Waals surface area contributed by atoms with Crippen molar-refractivity contribution in [2.45, 2.75) is 37.6 Å². The highest BCUT2D eigenvalue weighted by Crippen LogP contribution is 2.45. The van der Waals surface area contributed by atoms with E-state index in [9.17, 15) is 14.7 Å². The van der Waals surface area contributed by atoms with Crippen LogP contribution in [-0.4, -0.2) is 29.7 Å². The molecule has 5 heteroatoms. The monoisotopic (exact) mass is 365 g/mol. The van der Waals surface area contributed by atoms with Gasteiger partial charge in [-0.3, -0.25) is 9.59 Å². The summed E-state index contributed by atoms with van der Waals surface area (Å²) in [4.78, 5) is 24.8. The number of esters is 1. The molecule has 0 spiro atoms. The van der Waals surface area contributed by atoms with Crippen LogP contribution >= 0.6 is 0 Å². The number of fused-ring (bicyclic) bond motifs is 3. The van der Waals surface area contributed by atoms with Crippen molar-refractivity contribution in [3.05, 3.63) is 59.7 Å². The molecule has 0 radical (unpaired) electrons. The molecule has 2 atom stereocenters. The number of carbonyl (C=O) groups excluding carboxylic acids is 1. The third-order valence-corrected chi connectivity index (χ3v) is 6.06. The maximum atomic E-state index is 12.9. The molecule has 2 aromatic rings. The lowest BCUT2D eigenvalue weighted by Crippen LogP contribution is -2.55. The fourth-order valence-electron chi connectivity index (χ4n) is 4.53. The highest BCUT2D eigenvalue weighted by molar-refractivity contribution is 6.00. The zero-order valence-electron chi connectivity index (χ0n) is 15.1. The number of carboxylic acid groups (broad SMARTS) is 1. The van der Waals surface area contributed by atoms with Gasteiger partial charge in [0.1, 0.15) is 6.61 Å². The Morgan fingerprint density at radius 2 is 1.63 bits per heavy atom. The Kier molecular flexibility index (Phi) is 4.48. The van der Waals surface area contributed by atoms with E-state index in [2.05, 4.69) is 12.1 Å². The van der Waals surface area contributed by atoms with Gasteiger partial charge in [0.15, 0.2) is 5.41 Å². The maximum Gasteiger partial charge on any atom is 0.325 e. The third-order valence-electron chi connectivity index (χ3n) is 6.06. The van der Waals surface area contributed by atoms with E-state index >= 15 is 0 Å². The quantitative estimate of drug-likeness (QED) is 0.641. The average molecular weight is 365 g/mol. The van der Waals surface area contributed by atoms with Crippen molar-refractivity contribution < 1.29 is 19.4 Å². The van der Waals surface area contributed by atoms with E-state index in [-0.39, 0.29) is 18.9 Å². The van der Waals surface area contributed by atoms with E-state index in [1.807, 2.05) is 36.4 Å². The second kappa shape index (κ2) is 6.82. The predicted molar refractivity (Wildman–Crippen MR) is 101 cm³/mol. The molecule has 5 nitrogen and oxygen atoms in total. The Hall–Kier alpha value is -2.66. The van der Waals surface area contributed by atoms with Crippen LogP contribution in [0.4, 0.5) is 0 Å². The molecule has 2 aliphatic carbocycles. The lowest BCUT2D eigenvalue weighted by atomic mass is 9.70. The van der Waals surface area contributed by atoms with Gasteiger partial charge in [-0.15, -0.1) is 0 Å². The number of hydrogen-bond donors (Lipinski definition) is 2. The molecule has 0 heterocycles. The first-order valence-corrected chi connectivity index (χ1v) is 9.40. The van der Waals surface area contributed by atoms with Crippen molar-refractivity contribution in [2.24, 2.45) is 11.1 Å². The molecule has 0 bridgehead atoms. The predicted octanol–water partition coefficient (Wildman–Crippen LogP) is 3.31. The van der Waals surface area contributed by atoms with Crippen molar-refractivity contribution in [1.29, 1.82) is 0 Å². The van der Waals surface area contributed by atoms with E-state index in [1.54, 1.807) is 0 Å². The summed E-state index contributed by atoms with van der Waals surface area (Å²) in [6.45, 7) is 0.120. The topological polar surface area (TPSA) is 89.6 Å². The van der Waals surface area contributed by atoms with Crippen molar-refractivity contribution in [3.63, 3.8) is 0 Å². The lowest BCUT2D eigenvalue weighted by molar-refractivity contribution is -0.173. The third kappa shape index (κ3) is 2.73. The zero-order valence-corrected chi connectivity index (χ0v) is 15.1. The van der Waals surface area contributed by atoms with Crippen LogP contribution in [0.1, 0.15) is 42.7 Å². The van der Waals surface area contributed by atoms with Crippen molar-refractivity contribution >= 4 is 11.9 Å². The molecule has 27 heavy (non-hydrogen) atoms. The van der Waals surface area contributed by atoms with Gasteiger partial charge in [-0.25, -0.2) is 0 Å². The molecule has 3 N–H and O–H groups in total. The van der Waals surface area contributed by atoms with E-state index in [4.69, 9.17) is 10.5 Å². The number of benzene rings is 2. The first kappa shape index (κ1) is 17.7. The summed E-state index contributed by atoms with van der Waals surface area (Å²) in [6.07, 6.45) is 2.27. The lowest BCUT2D eigenvalue weighted by Gasteiger charge is -2.36. The van der Waals surface area contributed by atoms with Crippen LogP contribution in [0.5, 0.6) is 0 Å². The molecule has 140 valence electrons. The Morgan fingerprint density at radius 3 is 2.19 bits per heavy atom. The normalized spacial score (nSPS) is 24.1. The molecule has 0 saturated heterocycles. The minimum absolute atomic E-state index is 0.0907. The standard InChI is InChI=1S/C22H23NO4/c23-19-11-5-6-12-22(19,20(24)25)21(26)27-13-18-16-9-3-1-7-14(16)15-8-2-4-10-17(15)18/h1-4,7-10,18-19H,5-6,11-13,23H2,(H,24,25)/t19-,22+/m1/s1. The first-order chi connectivity index (χ1) is 13.1. The molecule has 1 saturated carbocycles. The Balaban J connectivity index is 1.60. The minimum atomic E-state index is -1.63. The summed E-state index contributed by atoms with van der Waals surface area (Å²) < 4.78 is 5.61. The van der Waals surface area contributed by atoms with Crippen LogP contribution in [0.3, 0.4) is 0 Å². The first-order valence-electron chi connectivity index (χ1n) is 9.40. The number of aliphatic carboxylic acids is 1. The fourth-order valence-corrected chi connectivity index (χ4v) is 4.53. The van der Waals surface area contributed by atoms with Gasteiger partial charge in [-0.1, -0.05) is 61.4 Å². The van der Waals surface area contributed by atoms with Crippen LogP contribution in [0, 0.1) is 5.41 Å². The molecular weight excluding hydrogens is 342 g/mol. The maximum absolute atomic E-state index is 12.9. The highest BCUT2D eigenvalue weighted by Gasteiger charge is 2.53. The van der Waals surface area contributed by atoms with Gasteiger partial charge in [-0.05, 0) is 35.1 Å². The largest absolute Gasteiger partial charge is 0.480 e. The van der Waals surface area contributed by atoms with Gasteiger partial charge < -0.3 is 15.6 Å². The summed E-state index contributed by atoms with van der Waals surface area (Å²) in [5.41, 5.74) is 8.91. The van der Waals surface area contributed by atoms with Crippen molar-refractivity contribution in [3.8, 4) is 11.1 Å². The average Bonchev–Trinajstić information content (AvgIpc) is 3.00. The molecule has 2 aromatic carbocycles. The molecule has 0 unspecified atom stereocenters. The summed E-state index contributed by atoms with van der Waals surface area (Å²) >= 11 is 0. The van der Waals surface area contributed by atoms with Gasteiger partial charge in [0.2, 0.25) is 0 Å². The summed E-state index contributed by atoms with van der Waals surface area (Å²) in [5, 5.41) is 9.76. The zero-order chi connectivity index (χ0) is 19.0. The van der Waals surface area contributed by atoms with Crippen LogP contribution in [0.25, 0.3) is 11.1 Å². The second-order valence-corrected chi connectivity index (χ2v) is 7.45. The van der Waals surface area contributed by atoms with E-state index < -0.39 is 23.4 Å². The fraction of sp³-hybridized carbons (Fsp3) is 0.364. The molecule has 1 fully saturated rings. The van der Waals surface area contributed by atoms with Gasteiger partial charge >= 0.3 is 11.9 Å². The van der Waals surface area contributed by atoms with Crippen LogP contribution in [-0.2, 0) is 14.3 Å². The number of rotatable bonds is 4. The van der Waals surface area contributed by atoms with Crippen molar-refractivity contribution in [2.75, 3.05) is 6.61 Å². The van der Waals surface area contributed by atoms with Crippen LogP contribution in [0.15, 0.2) is 48.5 Å². The van der Waals surface area contributed by atoms with Crippen LogP contribution < -0.4 is 5.73 Å². The van der Waals surface area contributed by atoms with E-state index in [0.717, 1.165) is 28.7 Å². The Morgan fingerprint density at radius 1 is 1.04 bits per heavy atom. The molecule has 0 aromatic heterocycles. The highest BCUT2D eigenvalue weighted by atomic mass is 16.5. The van der Waals surface area contributed by atoms with Gasteiger partial charge in [-0.2, -0.15) is 0 Å². The minimum Gasteiger partial charge on any atom is -0.480 e. The van der Waals surface area contributed by atoms with E-state index in [0.29, 0.717) is 12.8 Å². The van der Waals surface area contributed by atoms with Crippen molar-refractivity contribution in [1.82, 2.24) is 0 Å². The SMILES string of the molecule is N[C@@H]1CCCC[C@]1(C(=O)O)C(=O)OCC1c2ccccc2-c2ccccc21. The summed E-state index contributed by atoms with van der Waals surface area (Å²) in [7, 11) is 0. The molecule has 2 aliphatic rings. The summed E-state index contributed by atoms with van der Waals surface area (Å²) in [5.74, 6) is -1.97. The van der Waals surface area contributed by atoms with Gasteiger partial charge in [0.25, 0.3) is 0 Å². The number of carboxylic acids is 1. The molecular formula is C22H23NO4. The number of hydrogen-bond acceptors (Lipinski definition) is 4. The smallest absolute Gasteiger partial charge is 0.325 e. The van der Waals surface area contributed by atoms with Gasteiger partial charge in [0.05, 0.1) is 0 Å².